The van der Waals surface area contributed by atoms with Crippen LogP contribution in [0.3, 0.4) is 0 Å². The Labute approximate surface area is 204 Å². The molecule has 0 unspecified atom stereocenters. The second kappa shape index (κ2) is 9.64. The number of benzene rings is 3. The van der Waals surface area contributed by atoms with Gasteiger partial charge in [-0.25, -0.2) is 14.2 Å². The van der Waals surface area contributed by atoms with Gasteiger partial charge in [0, 0.05) is 11.1 Å². The van der Waals surface area contributed by atoms with Gasteiger partial charge in [-0.2, -0.15) is 0 Å². The average molecular weight is 485 g/mol. The van der Waals surface area contributed by atoms with E-state index in [1.165, 1.54) is 16.7 Å². The summed E-state index contributed by atoms with van der Waals surface area (Å²) in [6.07, 6.45) is 1.53. The normalized spacial score (nSPS) is 15.5. The molecule has 174 valence electrons. The van der Waals surface area contributed by atoms with Crippen LogP contribution in [0.2, 0.25) is 0 Å². The van der Waals surface area contributed by atoms with E-state index in [1.54, 1.807) is 25.1 Å². The van der Waals surface area contributed by atoms with Gasteiger partial charge in [-0.05, 0) is 24.6 Å². The summed E-state index contributed by atoms with van der Waals surface area (Å²) in [6.45, 7) is 1.92. The summed E-state index contributed by atoms with van der Waals surface area (Å²) >= 11 is 1.16. The minimum absolute atomic E-state index is 0.184. The van der Waals surface area contributed by atoms with Gasteiger partial charge in [-0.3, -0.25) is 9.36 Å². The molecule has 0 N–H and O–H groups in total. The van der Waals surface area contributed by atoms with Crippen molar-refractivity contribution in [3.63, 3.8) is 0 Å². The van der Waals surface area contributed by atoms with Crippen molar-refractivity contribution in [2.45, 2.75) is 13.0 Å². The van der Waals surface area contributed by atoms with Crippen molar-refractivity contribution in [2.24, 2.45) is 4.99 Å². The fourth-order valence-electron chi connectivity index (χ4n) is 4.12. The van der Waals surface area contributed by atoms with Gasteiger partial charge in [0.05, 0.1) is 28.5 Å². The highest BCUT2D eigenvalue weighted by Crippen LogP contribution is 2.35. The number of ether oxygens (including phenoxy) is 1. The number of thiazole rings is 1. The first-order valence-corrected chi connectivity index (χ1v) is 12.0. The van der Waals surface area contributed by atoms with E-state index in [2.05, 4.69) is 0 Å². The van der Waals surface area contributed by atoms with Crippen LogP contribution >= 0.6 is 11.3 Å². The van der Waals surface area contributed by atoms with Crippen LogP contribution in [0, 0.1) is 5.82 Å². The lowest BCUT2D eigenvalue weighted by Crippen LogP contribution is -2.40. The molecule has 1 atom stereocenters. The van der Waals surface area contributed by atoms with Crippen LogP contribution < -0.4 is 14.9 Å². The monoisotopic (exact) mass is 484 g/mol. The van der Waals surface area contributed by atoms with Crippen molar-refractivity contribution in [3.05, 3.63) is 133 Å². The molecule has 0 radical (unpaired) electrons. The number of aromatic nitrogens is 1. The van der Waals surface area contributed by atoms with E-state index in [0.717, 1.165) is 22.5 Å². The standard InChI is InChI=1S/C28H21FN2O3S/c1-2-34-27(33)23-24(18-11-5-3-6-12-18)30-28-31(25(23)19-13-7-4-8-14-19)26(32)22(35-28)17-20-15-9-10-16-21(20)29/h3-17,25H,2H2,1H3/b22-17+/t25-/m1/s1. The Kier molecular flexibility index (Phi) is 6.25. The Morgan fingerprint density at radius 2 is 1.69 bits per heavy atom. The average Bonchev–Trinajstić information content (AvgIpc) is 3.20. The SMILES string of the molecule is CCOC(=O)C1=C(c2ccccc2)N=c2s/c(=C/c3ccccc3F)c(=O)n2[C@@H]1c1ccccc1. The van der Waals surface area contributed by atoms with E-state index in [4.69, 9.17) is 9.73 Å². The summed E-state index contributed by atoms with van der Waals surface area (Å²) in [5, 5.41) is 0. The molecule has 0 amide bonds. The zero-order chi connectivity index (χ0) is 24.4. The van der Waals surface area contributed by atoms with E-state index in [1.807, 2.05) is 60.7 Å². The van der Waals surface area contributed by atoms with Gasteiger partial charge in [0.1, 0.15) is 5.82 Å². The number of carbonyl (C=O) groups is 1. The van der Waals surface area contributed by atoms with Gasteiger partial charge in [0.15, 0.2) is 4.80 Å². The Morgan fingerprint density at radius 3 is 2.37 bits per heavy atom. The molecule has 5 rings (SSSR count). The third-order valence-electron chi connectivity index (χ3n) is 5.68. The number of halogens is 1. The maximum absolute atomic E-state index is 14.3. The molecule has 3 aromatic carbocycles. The Bertz CT molecular complexity index is 1610. The van der Waals surface area contributed by atoms with Crippen LogP contribution in [0.4, 0.5) is 4.39 Å². The van der Waals surface area contributed by atoms with Crippen LogP contribution in [-0.4, -0.2) is 17.1 Å². The Balaban J connectivity index is 1.84. The first-order chi connectivity index (χ1) is 17.1. The highest BCUT2D eigenvalue weighted by Gasteiger charge is 2.35. The van der Waals surface area contributed by atoms with Crippen molar-refractivity contribution in [3.8, 4) is 0 Å². The smallest absolute Gasteiger partial charge is 0.338 e. The van der Waals surface area contributed by atoms with Gasteiger partial charge in [-0.15, -0.1) is 0 Å². The van der Waals surface area contributed by atoms with Crippen molar-refractivity contribution < 1.29 is 13.9 Å². The first-order valence-electron chi connectivity index (χ1n) is 11.2. The molecule has 1 aromatic heterocycles. The molecule has 5 nitrogen and oxygen atoms in total. The lowest BCUT2D eigenvalue weighted by molar-refractivity contribution is -0.138. The lowest BCUT2D eigenvalue weighted by atomic mass is 9.93. The topological polar surface area (TPSA) is 60.7 Å². The summed E-state index contributed by atoms with van der Waals surface area (Å²) in [7, 11) is 0. The van der Waals surface area contributed by atoms with Crippen molar-refractivity contribution >= 4 is 29.1 Å². The van der Waals surface area contributed by atoms with E-state index in [-0.39, 0.29) is 17.7 Å². The minimum Gasteiger partial charge on any atom is -0.463 e. The van der Waals surface area contributed by atoms with E-state index < -0.39 is 17.8 Å². The molecule has 0 bridgehead atoms. The van der Waals surface area contributed by atoms with Gasteiger partial charge >= 0.3 is 5.97 Å². The molecule has 2 heterocycles. The van der Waals surface area contributed by atoms with Crippen LogP contribution in [0.1, 0.15) is 29.7 Å². The second-order valence-electron chi connectivity index (χ2n) is 7.86. The number of rotatable bonds is 5. The molecule has 0 aliphatic carbocycles. The molecule has 0 spiro atoms. The summed E-state index contributed by atoms with van der Waals surface area (Å²) in [5.41, 5.74) is 2.19. The number of esters is 1. The van der Waals surface area contributed by atoms with Gasteiger partial charge < -0.3 is 4.74 Å². The van der Waals surface area contributed by atoms with E-state index in [9.17, 15) is 14.0 Å². The predicted molar refractivity (Wildman–Crippen MR) is 134 cm³/mol. The molecule has 35 heavy (non-hydrogen) atoms. The minimum atomic E-state index is -0.746. The molecule has 1 aliphatic rings. The Hall–Kier alpha value is -4.10. The summed E-state index contributed by atoms with van der Waals surface area (Å²) < 4.78 is 21.6. The molecule has 7 heteroatoms. The summed E-state index contributed by atoms with van der Waals surface area (Å²) in [4.78, 5) is 32.2. The molecule has 4 aromatic rings. The van der Waals surface area contributed by atoms with Gasteiger partial charge in [-0.1, -0.05) is 90.2 Å². The molecular weight excluding hydrogens is 463 g/mol. The van der Waals surface area contributed by atoms with Crippen molar-refractivity contribution in [1.29, 1.82) is 0 Å². The van der Waals surface area contributed by atoms with Crippen LogP contribution in [0.25, 0.3) is 11.8 Å². The number of hydrogen-bond acceptors (Lipinski definition) is 5. The summed E-state index contributed by atoms with van der Waals surface area (Å²) in [6, 6.07) is 24.2. The lowest BCUT2D eigenvalue weighted by Gasteiger charge is -2.25. The van der Waals surface area contributed by atoms with Gasteiger partial charge in [0.25, 0.3) is 5.56 Å². The fourth-order valence-corrected chi connectivity index (χ4v) is 5.12. The third-order valence-corrected chi connectivity index (χ3v) is 6.66. The zero-order valence-corrected chi connectivity index (χ0v) is 19.7. The number of fused-ring (bicyclic) bond motifs is 1. The van der Waals surface area contributed by atoms with E-state index in [0.29, 0.717) is 20.6 Å². The third kappa shape index (κ3) is 4.26. The number of hydrogen-bond donors (Lipinski definition) is 0. The summed E-state index contributed by atoms with van der Waals surface area (Å²) in [5.74, 6) is -0.956. The van der Waals surface area contributed by atoms with Crippen LogP contribution in [0.5, 0.6) is 0 Å². The highest BCUT2D eigenvalue weighted by molar-refractivity contribution is 7.07. The molecular formula is C28H21FN2O3S. The predicted octanol–water partition coefficient (Wildman–Crippen LogP) is 4.07. The molecule has 0 saturated heterocycles. The van der Waals surface area contributed by atoms with Gasteiger partial charge in [0.2, 0.25) is 0 Å². The van der Waals surface area contributed by atoms with Crippen LogP contribution in [-0.2, 0) is 9.53 Å². The molecule has 1 aliphatic heterocycles. The van der Waals surface area contributed by atoms with Crippen molar-refractivity contribution in [1.82, 2.24) is 4.57 Å². The van der Waals surface area contributed by atoms with Crippen LogP contribution in [0.15, 0.2) is 100 Å². The molecule has 0 fully saturated rings. The largest absolute Gasteiger partial charge is 0.463 e. The zero-order valence-electron chi connectivity index (χ0n) is 18.9. The quantitative estimate of drug-likeness (QED) is 0.401. The second-order valence-corrected chi connectivity index (χ2v) is 8.87. The fraction of sp³-hybridized carbons (Fsp3) is 0.107. The number of nitrogens with zero attached hydrogens (tertiary/aromatic N) is 2. The van der Waals surface area contributed by atoms with E-state index >= 15 is 0 Å². The first kappa shape index (κ1) is 22.7. The van der Waals surface area contributed by atoms with Crippen molar-refractivity contribution in [2.75, 3.05) is 6.61 Å². The Morgan fingerprint density at radius 1 is 1.03 bits per heavy atom. The molecule has 0 saturated carbocycles. The number of carbonyl (C=O) groups excluding carboxylic acids is 1. The maximum atomic E-state index is 14.3. The maximum Gasteiger partial charge on any atom is 0.338 e. The highest BCUT2D eigenvalue weighted by atomic mass is 32.1.